The van der Waals surface area contributed by atoms with Gasteiger partial charge in [0.05, 0.1) is 0 Å². The molecule has 0 aliphatic rings. The van der Waals surface area contributed by atoms with E-state index in [9.17, 15) is 0 Å². The molecule has 0 fully saturated rings. The number of hydrogen-bond acceptors (Lipinski definition) is 2. The Kier molecular flexibility index (Phi) is 5.95. The van der Waals surface area contributed by atoms with Crippen LogP contribution in [0.2, 0.25) is 0 Å². The van der Waals surface area contributed by atoms with Crippen molar-refractivity contribution in [3.8, 4) is 11.5 Å². The molecule has 0 aliphatic carbocycles. The van der Waals surface area contributed by atoms with Gasteiger partial charge in [0.2, 0.25) is 0 Å². The first-order valence-corrected chi connectivity index (χ1v) is 2.27. The zero-order valence-electron chi connectivity index (χ0n) is 5.19. The minimum atomic E-state index is -0.0764. The smallest absolute Gasteiger partial charge is 0.157 e. The highest BCUT2D eigenvalue weighted by atomic mass is 35.5. The molecule has 53 valence electrons. The number of benzene rings is 1. The largest absolute Gasteiger partial charge is 0.504 e. The topological polar surface area (TPSA) is 40.5 Å². The minimum Gasteiger partial charge on any atom is -0.504 e. The quantitative estimate of drug-likeness (QED) is 0.438. The first kappa shape index (κ1) is 11.9. The molecule has 0 saturated heterocycles. The number of phenols is 2. The molecule has 0 atom stereocenters. The van der Waals surface area contributed by atoms with E-state index in [2.05, 4.69) is 0 Å². The van der Waals surface area contributed by atoms with Crippen LogP contribution in [-0.4, -0.2) is 18.6 Å². The number of hydrogen-bond donors (Lipinski definition) is 2. The predicted molar refractivity (Wildman–Crippen MR) is 42.8 cm³/mol. The van der Waals surface area contributed by atoms with Gasteiger partial charge in [-0.3, -0.25) is 0 Å². The number of aromatic hydroxyl groups is 2. The minimum absolute atomic E-state index is 0. The van der Waals surface area contributed by atoms with Crippen LogP contribution in [0.5, 0.6) is 11.5 Å². The highest BCUT2D eigenvalue weighted by Crippen LogP contribution is 2.21. The molecule has 0 unspecified atom stereocenters. The van der Waals surface area contributed by atoms with E-state index in [-0.39, 0.29) is 32.3 Å². The molecule has 2 nitrogen and oxygen atoms in total. The number of rotatable bonds is 0. The molecule has 1 rings (SSSR count). The van der Waals surface area contributed by atoms with E-state index in [0.717, 1.165) is 0 Å². The lowest BCUT2D eigenvalue weighted by molar-refractivity contribution is 0.404. The number of phenolic OH excluding ortho intramolecular Hbond substituents is 2. The summed E-state index contributed by atoms with van der Waals surface area (Å²) in [5, 5.41) is 17.3. The molecule has 2 N–H and O–H groups in total. The van der Waals surface area contributed by atoms with E-state index in [1.807, 2.05) is 0 Å². The Hall–Kier alpha value is -0.825. The van der Waals surface area contributed by atoms with Crippen molar-refractivity contribution in [2.45, 2.75) is 0 Å². The van der Waals surface area contributed by atoms with E-state index < -0.39 is 0 Å². The standard InChI is InChI=1S/C6H6O2.B.ClH/c7-5-3-1-2-4-6(5)8;;/h1-4,7-8H;;1H. The summed E-state index contributed by atoms with van der Waals surface area (Å²) in [6.45, 7) is 0. The lowest BCUT2D eigenvalue weighted by Gasteiger charge is -1.91. The summed E-state index contributed by atoms with van der Waals surface area (Å²) in [6, 6.07) is 6.15. The maximum absolute atomic E-state index is 8.67. The average Bonchev–Trinajstić information content (AvgIpc) is 1.77. The van der Waals surface area contributed by atoms with Gasteiger partial charge >= 0.3 is 0 Å². The van der Waals surface area contributed by atoms with Crippen molar-refractivity contribution in [3.05, 3.63) is 24.3 Å². The molecular weight excluding hydrogens is 150 g/mol. The SMILES string of the molecule is Cl.Oc1ccccc1O.[B]. The lowest BCUT2D eigenvalue weighted by Crippen LogP contribution is -1.63. The van der Waals surface area contributed by atoms with Gasteiger partial charge in [0.15, 0.2) is 11.5 Å². The van der Waals surface area contributed by atoms with Crippen molar-refractivity contribution in [2.75, 3.05) is 0 Å². The predicted octanol–water partition coefficient (Wildman–Crippen LogP) is 1.14. The van der Waals surface area contributed by atoms with Crippen molar-refractivity contribution >= 4 is 20.8 Å². The molecule has 0 bridgehead atoms. The summed E-state index contributed by atoms with van der Waals surface area (Å²) >= 11 is 0. The molecule has 0 aliphatic heterocycles. The lowest BCUT2D eigenvalue weighted by atomic mass is 10.3. The second kappa shape index (κ2) is 5.00. The molecular formula is C6H7BClO2. The third-order valence-electron chi connectivity index (χ3n) is 0.882. The molecule has 0 amide bonds. The third-order valence-corrected chi connectivity index (χ3v) is 0.882. The van der Waals surface area contributed by atoms with Crippen molar-refractivity contribution in [3.63, 3.8) is 0 Å². The van der Waals surface area contributed by atoms with Crippen molar-refractivity contribution in [2.24, 2.45) is 0 Å². The Morgan fingerprint density at radius 3 is 1.40 bits per heavy atom. The molecule has 0 aromatic heterocycles. The van der Waals surface area contributed by atoms with Crippen LogP contribution in [0.1, 0.15) is 0 Å². The molecule has 0 saturated carbocycles. The van der Waals surface area contributed by atoms with Gasteiger partial charge in [0.1, 0.15) is 0 Å². The zero-order chi connectivity index (χ0) is 5.98. The van der Waals surface area contributed by atoms with Crippen LogP contribution < -0.4 is 0 Å². The fourth-order valence-electron chi connectivity index (χ4n) is 0.464. The van der Waals surface area contributed by atoms with Crippen molar-refractivity contribution in [1.82, 2.24) is 0 Å². The Balaban J connectivity index is 0. The maximum atomic E-state index is 8.67. The fourth-order valence-corrected chi connectivity index (χ4v) is 0.464. The van der Waals surface area contributed by atoms with Crippen LogP contribution in [0.15, 0.2) is 24.3 Å². The molecule has 1 aromatic carbocycles. The molecule has 1 aromatic rings. The van der Waals surface area contributed by atoms with E-state index in [1.165, 1.54) is 12.1 Å². The maximum Gasteiger partial charge on any atom is 0.157 e. The van der Waals surface area contributed by atoms with Crippen LogP contribution in [0.3, 0.4) is 0 Å². The van der Waals surface area contributed by atoms with Gasteiger partial charge in [-0.05, 0) is 12.1 Å². The van der Waals surface area contributed by atoms with Crippen molar-refractivity contribution < 1.29 is 10.2 Å². The zero-order valence-corrected chi connectivity index (χ0v) is 6.01. The summed E-state index contributed by atoms with van der Waals surface area (Å²) in [5.74, 6) is -0.153. The van der Waals surface area contributed by atoms with Gasteiger partial charge in [0.25, 0.3) is 0 Å². The summed E-state index contributed by atoms with van der Waals surface area (Å²) in [5.41, 5.74) is 0. The molecule has 0 spiro atoms. The van der Waals surface area contributed by atoms with Gasteiger partial charge in [-0.15, -0.1) is 12.4 Å². The van der Waals surface area contributed by atoms with Crippen LogP contribution in [0.25, 0.3) is 0 Å². The van der Waals surface area contributed by atoms with Crippen LogP contribution in [0, 0.1) is 0 Å². The fraction of sp³-hybridized carbons (Fsp3) is 0. The van der Waals surface area contributed by atoms with Crippen LogP contribution >= 0.6 is 12.4 Å². The molecule has 3 radical (unpaired) electrons. The summed E-state index contributed by atoms with van der Waals surface area (Å²) in [6.07, 6.45) is 0. The summed E-state index contributed by atoms with van der Waals surface area (Å²) in [4.78, 5) is 0. The number of para-hydroxylation sites is 2. The number of halogens is 1. The average molecular weight is 157 g/mol. The molecule has 0 heterocycles. The Morgan fingerprint density at radius 2 is 1.20 bits per heavy atom. The van der Waals surface area contributed by atoms with E-state index in [1.54, 1.807) is 12.1 Å². The highest BCUT2D eigenvalue weighted by Gasteiger charge is 1.90. The molecule has 10 heavy (non-hydrogen) atoms. The van der Waals surface area contributed by atoms with E-state index >= 15 is 0 Å². The monoisotopic (exact) mass is 157 g/mol. The van der Waals surface area contributed by atoms with Crippen LogP contribution in [0.4, 0.5) is 0 Å². The van der Waals surface area contributed by atoms with Gasteiger partial charge in [0, 0.05) is 8.41 Å². The van der Waals surface area contributed by atoms with Crippen LogP contribution in [-0.2, 0) is 0 Å². The molecule has 4 heteroatoms. The third kappa shape index (κ3) is 2.64. The normalized spacial score (nSPS) is 7.20. The first-order chi connectivity index (χ1) is 3.80. The Morgan fingerprint density at radius 1 is 0.900 bits per heavy atom. The van der Waals surface area contributed by atoms with Gasteiger partial charge in [-0.25, -0.2) is 0 Å². The Bertz CT molecular complexity index is 172. The Labute approximate surface area is 67.5 Å². The summed E-state index contributed by atoms with van der Waals surface area (Å²) in [7, 11) is 0. The highest BCUT2D eigenvalue weighted by molar-refractivity contribution is 5.85. The first-order valence-electron chi connectivity index (χ1n) is 2.27. The van der Waals surface area contributed by atoms with Gasteiger partial charge in [-0.2, -0.15) is 0 Å². The van der Waals surface area contributed by atoms with E-state index in [4.69, 9.17) is 10.2 Å². The van der Waals surface area contributed by atoms with Gasteiger partial charge < -0.3 is 10.2 Å². The van der Waals surface area contributed by atoms with Crippen molar-refractivity contribution in [1.29, 1.82) is 0 Å². The van der Waals surface area contributed by atoms with E-state index in [0.29, 0.717) is 0 Å². The second-order valence-corrected chi connectivity index (χ2v) is 1.49. The second-order valence-electron chi connectivity index (χ2n) is 1.49. The van der Waals surface area contributed by atoms with Gasteiger partial charge in [-0.1, -0.05) is 12.1 Å². The summed E-state index contributed by atoms with van der Waals surface area (Å²) < 4.78 is 0.